The zero-order chi connectivity index (χ0) is 10.9. The van der Waals surface area contributed by atoms with Crippen LogP contribution in [0.5, 0.6) is 0 Å². The van der Waals surface area contributed by atoms with Crippen molar-refractivity contribution in [1.82, 2.24) is 5.32 Å². The first kappa shape index (κ1) is 11.3. The second-order valence-corrected chi connectivity index (χ2v) is 6.40. The Morgan fingerprint density at radius 3 is 3.00 bits per heavy atom. The molecule has 2 aliphatic rings. The molecule has 2 atom stereocenters. The maximum atomic E-state index is 11.5. The van der Waals surface area contributed by atoms with Crippen molar-refractivity contribution in [2.45, 2.75) is 18.1 Å². The van der Waals surface area contributed by atoms with Gasteiger partial charge in [-0.15, -0.1) is 0 Å². The minimum absolute atomic E-state index is 0.00600. The lowest BCUT2D eigenvalue weighted by Gasteiger charge is -2.40. The van der Waals surface area contributed by atoms with Crippen LogP contribution in [0.1, 0.15) is 6.42 Å². The van der Waals surface area contributed by atoms with E-state index < -0.39 is 15.4 Å². The van der Waals surface area contributed by atoms with Crippen LogP contribution in [0.2, 0.25) is 0 Å². The summed E-state index contributed by atoms with van der Waals surface area (Å²) in [5.74, 6) is 0.357. The lowest BCUT2D eigenvalue weighted by Crippen LogP contribution is -2.60. The Morgan fingerprint density at radius 2 is 2.40 bits per heavy atom. The van der Waals surface area contributed by atoms with Gasteiger partial charge in [0.1, 0.15) is 5.60 Å². The van der Waals surface area contributed by atoms with Crippen molar-refractivity contribution in [1.29, 1.82) is 0 Å². The zero-order valence-electron chi connectivity index (χ0n) is 8.86. The number of nitrogens with one attached hydrogen (secondary N) is 1. The van der Waals surface area contributed by atoms with Crippen LogP contribution in [0.4, 0.5) is 0 Å². The highest BCUT2D eigenvalue weighted by Gasteiger charge is 2.50. The van der Waals surface area contributed by atoms with Gasteiger partial charge in [-0.3, -0.25) is 0 Å². The number of hydrogen-bond donors (Lipinski definition) is 1. The summed E-state index contributed by atoms with van der Waals surface area (Å²) in [6.45, 7) is 1.83. The van der Waals surface area contributed by atoms with Gasteiger partial charge in [-0.05, 0) is 6.42 Å². The Labute approximate surface area is 90.0 Å². The summed E-state index contributed by atoms with van der Waals surface area (Å²) >= 11 is 0. The average molecular weight is 235 g/mol. The van der Waals surface area contributed by atoms with E-state index in [9.17, 15) is 8.42 Å². The quantitative estimate of drug-likeness (QED) is 0.677. The number of ether oxygens (including phenoxy) is 2. The topological polar surface area (TPSA) is 64.6 Å². The summed E-state index contributed by atoms with van der Waals surface area (Å²) in [7, 11) is -1.31. The first-order valence-corrected chi connectivity index (χ1v) is 6.97. The monoisotopic (exact) mass is 235 g/mol. The van der Waals surface area contributed by atoms with E-state index >= 15 is 0 Å². The fourth-order valence-corrected chi connectivity index (χ4v) is 4.36. The highest BCUT2D eigenvalue weighted by Crippen LogP contribution is 2.32. The summed E-state index contributed by atoms with van der Waals surface area (Å²) in [4.78, 5) is 0. The molecule has 0 aromatic rings. The van der Waals surface area contributed by atoms with Crippen LogP contribution in [0.15, 0.2) is 0 Å². The Hall–Kier alpha value is -0.170. The van der Waals surface area contributed by atoms with Crippen LogP contribution in [-0.2, 0) is 19.3 Å². The van der Waals surface area contributed by atoms with Crippen molar-refractivity contribution in [2.75, 3.05) is 38.4 Å². The van der Waals surface area contributed by atoms with Gasteiger partial charge in [-0.2, -0.15) is 0 Å². The van der Waals surface area contributed by atoms with E-state index in [1.54, 1.807) is 7.11 Å². The molecule has 0 bridgehead atoms. The van der Waals surface area contributed by atoms with Crippen molar-refractivity contribution in [3.05, 3.63) is 0 Å². The van der Waals surface area contributed by atoms with E-state index in [4.69, 9.17) is 9.47 Å². The third-order valence-corrected chi connectivity index (χ3v) is 4.91. The fraction of sp³-hybridized carbons (Fsp3) is 1.00. The molecule has 2 saturated heterocycles. The van der Waals surface area contributed by atoms with Gasteiger partial charge in [0.25, 0.3) is 0 Å². The molecular formula is C9H17NO4S. The van der Waals surface area contributed by atoms with Crippen LogP contribution in [-0.4, -0.2) is 58.4 Å². The predicted octanol–water partition coefficient (Wildman–Crippen LogP) is -0.821. The van der Waals surface area contributed by atoms with Gasteiger partial charge in [0.15, 0.2) is 9.84 Å². The third-order valence-electron chi connectivity index (χ3n) is 3.15. The molecule has 0 aromatic carbocycles. The largest absolute Gasteiger partial charge is 0.383 e. The van der Waals surface area contributed by atoms with Gasteiger partial charge >= 0.3 is 0 Å². The summed E-state index contributed by atoms with van der Waals surface area (Å²) in [5, 5.41) is 3.28. The molecule has 6 heteroatoms. The first-order valence-electron chi connectivity index (χ1n) is 5.15. The number of sulfone groups is 1. The van der Waals surface area contributed by atoms with Gasteiger partial charge < -0.3 is 14.8 Å². The second kappa shape index (κ2) is 4.01. The third kappa shape index (κ3) is 2.18. The molecule has 2 fully saturated rings. The van der Waals surface area contributed by atoms with E-state index in [1.165, 1.54) is 0 Å². The van der Waals surface area contributed by atoms with E-state index in [1.807, 2.05) is 0 Å². The Kier molecular flexibility index (Phi) is 3.03. The first-order chi connectivity index (χ1) is 7.08. The number of hydrogen-bond acceptors (Lipinski definition) is 5. The molecular weight excluding hydrogens is 218 g/mol. The minimum atomic E-state index is -2.93. The number of morpholine rings is 1. The fourth-order valence-electron chi connectivity index (χ4n) is 2.39. The lowest BCUT2D eigenvalue weighted by molar-refractivity contribution is -0.0933. The van der Waals surface area contributed by atoms with Crippen LogP contribution < -0.4 is 5.32 Å². The van der Waals surface area contributed by atoms with Crippen molar-refractivity contribution in [3.63, 3.8) is 0 Å². The molecule has 0 saturated carbocycles. The molecule has 2 heterocycles. The van der Waals surface area contributed by atoms with Crippen LogP contribution in [0.3, 0.4) is 0 Å². The molecule has 1 N–H and O–H groups in total. The maximum Gasteiger partial charge on any atom is 0.153 e. The van der Waals surface area contributed by atoms with E-state index in [0.717, 1.165) is 6.54 Å². The summed E-state index contributed by atoms with van der Waals surface area (Å²) in [6, 6.07) is -0.00600. The summed E-state index contributed by atoms with van der Waals surface area (Å²) in [6.07, 6.45) is 0.580. The zero-order valence-corrected chi connectivity index (χ0v) is 9.68. The van der Waals surface area contributed by atoms with Gasteiger partial charge in [0.2, 0.25) is 0 Å². The molecule has 0 radical (unpaired) electrons. The van der Waals surface area contributed by atoms with Gasteiger partial charge in [0.05, 0.1) is 30.8 Å². The SMILES string of the molecule is COCC1NCCOC12CCS(=O)(=O)C2. The molecule has 2 unspecified atom stereocenters. The molecule has 2 aliphatic heterocycles. The van der Waals surface area contributed by atoms with E-state index in [2.05, 4.69) is 5.32 Å². The van der Waals surface area contributed by atoms with E-state index in [0.29, 0.717) is 19.6 Å². The summed E-state index contributed by atoms with van der Waals surface area (Å²) in [5.41, 5.74) is -0.549. The lowest BCUT2D eigenvalue weighted by atomic mass is 9.92. The maximum absolute atomic E-state index is 11.5. The standard InChI is InChI=1S/C9H17NO4S/c1-13-6-8-9(14-4-3-10-8)2-5-15(11,12)7-9/h8,10H,2-7H2,1H3. The average Bonchev–Trinajstić information content (AvgIpc) is 2.48. The van der Waals surface area contributed by atoms with Crippen molar-refractivity contribution in [2.24, 2.45) is 0 Å². The molecule has 15 heavy (non-hydrogen) atoms. The van der Waals surface area contributed by atoms with Crippen molar-refractivity contribution < 1.29 is 17.9 Å². The smallest absolute Gasteiger partial charge is 0.153 e. The van der Waals surface area contributed by atoms with Crippen molar-refractivity contribution in [3.8, 4) is 0 Å². The van der Waals surface area contributed by atoms with Crippen molar-refractivity contribution >= 4 is 9.84 Å². The Bertz CT molecular complexity index is 327. The van der Waals surface area contributed by atoms with Crippen LogP contribution in [0, 0.1) is 0 Å². The molecule has 88 valence electrons. The Morgan fingerprint density at radius 1 is 1.60 bits per heavy atom. The molecule has 0 aliphatic carbocycles. The molecule has 0 aromatic heterocycles. The molecule has 1 spiro atoms. The predicted molar refractivity (Wildman–Crippen MR) is 55.6 cm³/mol. The molecule has 5 nitrogen and oxygen atoms in total. The number of rotatable bonds is 2. The van der Waals surface area contributed by atoms with Gasteiger partial charge in [-0.25, -0.2) is 8.42 Å². The van der Waals surface area contributed by atoms with Gasteiger partial charge in [0, 0.05) is 13.7 Å². The molecule has 0 amide bonds. The van der Waals surface area contributed by atoms with Crippen LogP contribution in [0.25, 0.3) is 0 Å². The number of methoxy groups -OCH3 is 1. The van der Waals surface area contributed by atoms with Gasteiger partial charge in [-0.1, -0.05) is 0 Å². The highest BCUT2D eigenvalue weighted by atomic mass is 32.2. The summed E-state index contributed by atoms with van der Waals surface area (Å²) < 4.78 is 33.8. The Balaban J connectivity index is 2.16. The normalized spacial score (nSPS) is 39.7. The highest BCUT2D eigenvalue weighted by molar-refractivity contribution is 7.91. The second-order valence-electron chi connectivity index (χ2n) is 4.22. The minimum Gasteiger partial charge on any atom is -0.383 e. The van der Waals surface area contributed by atoms with Crippen LogP contribution >= 0.6 is 0 Å². The van der Waals surface area contributed by atoms with E-state index in [-0.39, 0.29) is 17.5 Å². The molecule has 2 rings (SSSR count).